The van der Waals surface area contributed by atoms with E-state index < -0.39 is 27.3 Å². The van der Waals surface area contributed by atoms with Crippen LogP contribution in [0.15, 0.2) is 29.2 Å². The Labute approximate surface area is 111 Å². The molecule has 6 nitrogen and oxygen atoms in total. The standard InChI is InChI=1S/C12H14O6S/c1-3-18-12(14)11(13)8-19(15,16)10-6-4-9(17-2)5-7-10/h4-7H,3,8H2,1-2H3. The molecule has 0 fully saturated rings. The summed E-state index contributed by atoms with van der Waals surface area (Å²) in [4.78, 5) is 22.4. The third-order valence-electron chi connectivity index (χ3n) is 2.24. The third kappa shape index (κ3) is 4.06. The quantitative estimate of drug-likeness (QED) is 0.562. The van der Waals surface area contributed by atoms with E-state index in [0.29, 0.717) is 5.75 Å². The lowest BCUT2D eigenvalue weighted by molar-refractivity contribution is -0.152. The van der Waals surface area contributed by atoms with Gasteiger partial charge in [0.25, 0.3) is 5.78 Å². The number of rotatable bonds is 6. The fourth-order valence-corrected chi connectivity index (χ4v) is 2.49. The SMILES string of the molecule is CCOC(=O)C(=O)CS(=O)(=O)c1ccc(OC)cc1. The van der Waals surface area contributed by atoms with Gasteiger partial charge in [-0.1, -0.05) is 0 Å². The molecule has 0 amide bonds. The molecule has 1 rings (SSSR count). The highest BCUT2D eigenvalue weighted by molar-refractivity contribution is 7.92. The lowest BCUT2D eigenvalue weighted by atomic mass is 10.3. The predicted octanol–water partition coefficient (Wildman–Crippen LogP) is 0.601. The number of sulfone groups is 1. The number of methoxy groups -OCH3 is 1. The Balaban J connectivity index is 2.86. The molecule has 1 aromatic carbocycles. The van der Waals surface area contributed by atoms with E-state index in [1.54, 1.807) is 0 Å². The van der Waals surface area contributed by atoms with Gasteiger partial charge in [-0.3, -0.25) is 4.79 Å². The molecule has 0 saturated carbocycles. The van der Waals surface area contributed by atoms with Crippen LogP contribution < -0.4 is 4.74 Å². The van der Waals surface area contributed by atoms with Gasteiger partial charge in [-0.15, -0.1) is 0 Å². The normalized spacial score (nSPS) is 10.8. The van der Waals surface area contributed by atoms with Gasteiger partial charge >= 0.3 is 5.97 Å². The average molecular weight is 286 g/mol. The minimum Gasteiger partial charge on any atom is -0.497 e. The van der Waals surface area contributed by atoms with Crippen molar-refractivity contribution in [1.82, 2.24) is 0 Å². The van der Waals surface area contributed by atoms with Gasteiger partial charge in [-0.05, 0) is 31.2 Å². The first kappa shape index (κ1) is 15.2. The maximum atomic E-state index is 11.9. The Kier molecular flexibility index (Phi) is 5.05. The van der Waals surface area contributed by atoms with E-state index in [2.05, 4.69) is 4.74 Å². The molecule has 0 radical (unpaired) electrons. The molecule has 0 N–H and O–H groups in total. The largest absolute Gasteiger partial charge is 0.497 e. The molecular formula is C12H14O6S. The fraction of sp³-hybridized carbons (Fsp3) is 0.333. The van der Waals surface area contributed by atoms with Gasteiger partial charge in [-0.25, -0.2) is 13.2 Å². The van der Waals surface area contributed by atoms with Crippen LogP contribution in [0, 0.1) is 0 Å². The number of Topliss-reactive ketones (excluding diaryl/α,β-unsaturated/α-hetero) is 1. The molecule has 1 aromatic rings. The number of benzene rings is 1. The van der Waals surface area contributed by atoms with E-state index in [1.807, 2.05) is 0 Å². The molecule has 0 aromatic heterocycles. The van der Waals surface area contributed by atoms with Gasteiger partial charge in [0.1, 0.15) is 11.5 Å². The van der Waals surface area contributed by atoms with Gasteiger partial charge in [0.15, 0.2) is 9.84 Å². The zero-order valence-corrected chi connectivity index (χ0v) is 11.4. The van der Waals surface area contributed by atoms with Crippen LogP contribution >= 0.6 is 0 Å². The minimum absolute atomic E-state index is 0.0210. The van der Waals surface area contributed by atoms with Crippen molar-refractivity contribution in [2.24, 2.45) is 0 Å². The van der Waals surface area contributed by atoms with Crippen LogP contribution in [0.3, 0.4) is 0 Å². The van der Waals surface area contributed by atoms with Gasteiger partial charge in [0.05, 0.1) is 18.6 Å². The first-order valence-corrected chi connectivity index (χ1v) is 7.12. The summed E-state index contributed by atoms with van der Waals surface area (Å²) in [6.07, 6.45) is 0. The Morgan fingerprint density at radius 1 is 1.16 bits per heavy atom. The lowest BCUT2D eigenvalue weighted by Gasteiger charge is -2.05. The molecule has 0 heterocycles. The molecule has 0 aliphatic carbocycles. The number of ether oxygens (including phenoxy) is 2. The number of ketones is 1. The molecule has 0 saturated heterocycles. The molecular weight excluding hydrogens is 272 g/mol. The summed E-state index contributed by atoms with van der Waals surface area (Å²) >= 11 is 0. The zero-order valence-electron chi connectivity index (χ0n) is 10.6. The van der Waals surface area contributed by atoms with Crippen LogP contribution in [0.5, 0.6) is 5.75 Å². The number of hydrogen-bond acceptors (Lipinski definition) is 6. The van der Waals surface area contributed by atoms with Crippen molar-refractivity contribution in [3.05, 3.63) is 24.3 Å². The molecule has 0 spiro atoms. The van der Waals surface area contributed by atoms with Crippen molar-refractivity contribution in [2.45, 2.75) is 11.8 Å². The van der Waals surface area contributed by atoms with Crippen LogP contribution in [0.1, 0.15) is 6.92 Å². The highest BCUT2D eigenvalue weighted by Gasteiger charge is 2.25. The molecule has 0 aliphatic heterocycles. The summed E-state index contributed by atoms with van der Waals surface area (Å²) < 4.78 is 33.1. The van der Waals surface area contributed by atoms with E-state index in [-0.39, 0.29) is 11.5 Å². The van der Waals surface area contributed by atoms with Crippen molar-refractivity contribution in [2.75, 3.05) is 19.5 Å². The average Bonchev–Trinajstić information content (AvgIpc) is 2.38. The number of carbonyl (C=O) groups is 2. The van der Waals surface area contributed by atoms with E-state index in [0.717, 1.165) is 0 Å². The number of esters is 1. The van der Waals surface area contributed by atoms with Crippen LogP contribution in [0.25, 0.3) is 0 Å². The Bertz CT molecular complexity index is 558. The Morgan fingerprint density at radius 3 is 2.21 bits per heavy atom. The zero-order chi connectivity index (χ0) is 14.5. The van der Waals surface area contributed by atoms with E-state index in [9.17, 15) is 18.0 Å². The number of carbonyl (C=O) groups excluding carboxylic acids is 2. The van der Waals surface area contributed by atoms with Gasteiger partial charge in [0, 0.05) is 0 Å². The monoisotopic (exact) mass is 286 g/mol. The molecule has 19 heavy (non-hydrogen) atoms. The van der Waals surface area contributed by atoms with Crippen LogP contribution in [0.4, 0.5) is 0 Å². The van der Waals surface area contributed by atoms with Crippen molar-refractivity contribution in [3.8, 4) is 5.75 Å². The van der Waals surface area contributed by atoms with E-state index in [1.165, 1.54) is 38.3 Å². The summed E-state index contributed by atoms with van der Waals surface area (Å²) in [6.45, 7) is 1.55. The van der Waals surface area contributed by atoms with E-state index in [4.69, 9.17) is 4.74 Å². The molecule has 0 bridgehead atoms. The van der Waals surface area contributed by atoms with Crippen LogP contribution in [0.2, 0.25) is 0 Å². The Morgan fingerprint density at radius 2 is 1.74 bits per heavy atom. The number of hydrogen-bond donors (Lipinski definition) is 0. The third-order valence-corrected chi connectivity index (χ3v) is 3.88. The summed E-state index contributed by atoms with van der Waals surface area (Å²) in [5, 5.41) is 0. The topological polar surface area (TPSA) is 86.7 Å². The summed E-state index contributed by atoms with van der Waals surface area (Å²) in [7, 11) is -2.40. The van der Waals surface area contributed by atoms with Crippen molar-refractivity contribution >= 4 is 21.6 Å². The molecule has 0 aliphatic rings. The van der Waals surface area contributed by atoms with Crippen LogP contribution in [-0.4, -0.2) is 39.6 Å². The second kappa shape index (κ2) is 6.33. The smallest absolute Gasteiger partial charge is 0.375 e. The van der Waals surface area contributed by atoms with Crippen molar-refractivity contribution in [1.29, 1.82) is 0 Å². The Hall–Kier alpha value is -1.89. The second-order valence-corrected chi connectivity index (χ2v) is 5.57. The summed E-state index contributed by atoms with van der Waals surface area (Å²) in [5.41, 5.74) is 0. The maximum Gasteiger partial charge on any atom is 0.375 e. The first-order valence-electron chi connectivity index (χ1n) is 5.47. The molecule has 0 unspecified atom stereocenters. The first-order chi connectivity index (χ1) is 8.90. The van der Waals surface area contributed by atoms with E-state index >= 15 is 0 Å². The van der Waals surface area contributed by atoms with Gasteiger partial charge < -0.3 is 9.47 Å². The summed E-state index contributed by atoms with van der Waals surface area (Å²) in [5.74, 6) is -2.63. The highest BCUT2D eigenvalue weighted by atomic mass is 32.2. The lowest BCUT2D eigenvalue weighted by Crippen LogP contribution is -2.25. The predicted molar refractivity (Wildman–Crippen MR) is 66.7 cm³/mol. The second-order valence-electron chi connectivity index (χ2n) is 3.58. The van der Waals surface area contributed by atoms with Gasteiger partial charge in [0.2, 0.25) is 0 Å². The maximum absolute atomic E-state index is 11.9. The fourth-order valence-electron chi connectivity index (χ4n) is 1.31. The van der Waals surface area contributed by atoms with Crippen molar-refractivity contribution in [3.63, 3.8) is 0 Å². The molecule has 104 valence electrons. The summed E-state index contributed by atoms with van der Waals surface area (Å²) in [6, 6.07) is 5.54. The highest BCUT2D eigenvalue weighted by Crippen LogP contribution is 2.16. The molecule has 7 heteroatoms. The molecule has 0 atom stereocenters. The van der Waals surface area contributed by atoms with Gasteiger partial charge in [-0.2, -0.15) is 0 Å². The van der Waals surface area contributed by atoms with Crippen molar-refractivity contribution < 1.29 is 27.5 Å². The minimum atomic E-state index is -3.85. The van der Waals surface area contributed by atoms with Crippen LogP contribution in [-0.2, 0) is 24.2 Å².